The van der Waals surface area contributed by atoms with Gasteiger partial charge in [-0.1, -0.05) is 23.4 Å². The summed E-state index contributed by atoms with van der Waals surface area (Å²) in [5.74, 6) is 0.0461. The van der Waals surface area contributed by atoms with Gasteiger partial charge in [-0.05, 0) is 18.6 Å². The molecule has 0 saturated heterocycles. The Morgan fingerprint density at radius 3 is 2.76 bits per heavy atom. The van der Waals surface area contributed by atoms with Crippen molar-refractivity contribution in [3.63, 3.8) is 0 Å². The van der Waals surface area contributed by atoms with Gasteiger partial charge in [-0.2, -0.15) is 18.2 Å². The number of methoxy groups -OCH3 is 1. The van der Waals surface area contributed by atoms with Crippen LogP contribution in [0.1, 0.15) is 35.8 Å². The molecule has 0 aliphatic rings. The number of carbonyl (C=O) groups is 1. The van der Waals surface area contributed by atoms with Gasteiger partial charge in [-0.3, -0.25) is 4.79 Å². The van der Waals surface area contributed by atoms with E-state index in [1.165, 1.54) is 18.2 Å². The maximum atomic E-state index is 13.0. The summed E-state index contributed by atoms with van der Waals surface area (Å²) in [6, 6.07) is 4.36. The standard InChI is InChI=1S/C16H18F3N3O3/c1-10(15-21-13(22-25-15)7-8-24-2)20-14(23)9-11-5-3-4-6-12(11)16(17,18)19/h3-6,10H,7-9H2,1-2H3,(H,20,23). The van der Waals surface area contributed by atoms with E-state index in [0.29, 0.717) is 18.9 Å². The van der Waals surface area contributed by atoms with Crippen molar-refractivity contribution in [3.05, 3.63) is 47.1 Å². The third-order valence-electron chi connectivity index (χ3n) is 3.44. The SMILES string of the molecule is COCCc1noc(C(C)NC(=O)Cc2ccccc2C(F)(F)F)n1. The summed E-state index contributed by atoms with van der Waals surface area (Å²) in [5, 5.41) is 6.31. The van der Waals surface area contributed by atoms with Gasteiger partial charge in [0.05, 0.1) is 18.6 Å². The first-order chi connectivity index (χ1) is 11.8. The molecule has 0 spiro atoms. The average molecular weight is 357 g/mol. The van der Waals surface area contributed by atoms with Gasteiger partial charge in [0.25, 0.3) is 0 Å². The number of rotatable bonds is 7. The van der Waals surface area contributed by atoms with E-state index in [-0.39, 0.29) is 11.5 Å². The zero-order chi connectivity index (χ0) is 18.4. The summed E-state index contributed by atoms with van der Waals surface area (Å²) in [7, 11) is 1.54. The first kappa shape index (κ1) is 18.9. The number of alkyl halides is 3. The predicted molar refractivity (Wildman–Crippen MR) is 81.6 cm³/mol. The summed E-state index contributed by atoms with van der Waals surface area (Å²) in [6.45, 7) is 2.04. The number of halogens is 3. The number of nitrogens with zero attached hydrogens (tertiary/aromatic N) is 2. The molecule has 0 aliphatic heterocycles. The molecule has 1 N–H and O–H groups in total. The highest BCUT2D eigenvalue weighted by molar-refractivity contribution is 5.79. The summed E-state index contributed by atoms with van der Waals surface area (Å²) >= 11 is 0. The lowest BCUT2D eigenvalue weighted by Gasteiger charge is -2.14. The first-order valence-corrected chi connectivity index (χ1v) is 7.57. The Labute approximate surface area is 142 Å². The van der Waals surface area contributed by atoms with Gasteiger partial charge in [0.2, 0.25) is 11.8 Å². The summed E-state index contributed by atoms with van der Waals surface area (Å²) in [4.78, 5) is 16.2. The number of ether oxygens (including phenoxy) is 1. The van der Waals surface area contributed by atoms with Gasteiger partial charge < -0.3 is 14.6 Å². The van der Waals surface area contributed by atoms with Gasteiger partial charge in [0.1, 0.15) is 6.04 Å². The third kappa shape index (κ3) is 5.28. The van der Waals surface area contributed by atoms with Crippen LogP contribution >= 0.6 is 0 Å². The highest BCUT2D eigenvalue weighted by atomic mass is 19.4. The maximum Gasteiger partial charge on any atom is 0.416 e. The number of hydrogen-bond acceptors (Lipinski definition) is 5. The topological polar surface area (TPSA) is 77.3 Å². The minimum atomic E-state index is -4.51. The van der Waals surface area contributed by atoms with Crippen molar-refractivity contribution < 1.29 is 27.2 Å². The third-order valence-corrected chi connectivity index (χ3v) is 3.44. The van der Waals surface area contributed by atoms with Crippen LogP contribution in [0.15, 0.2) is 28.8 Å². The van der Waals surface area contributed by atoms with Gasteiger partial charge >= 0.3 is 6.18 Å². The van der Waals surface area contributed by atoms with Crippen LogP contribution in [0.3, 0.4) is 0 Å². The number of carbonyl (C=O) groups excluding carboxylic acids is 1. The van der Waals surface area contributed by atoms with Crippen molar-refractivity contribution >= 4 is 5.91 Å². The Kier molecular flexibility index (Phi) is 6.13. The quantitative estimate of drug-likeness (QED) is 0.824. The molecule has 1 unspecified atom stereocenters. The van der Waals surface area contributed by atoms with Crippen molar-refractivity contribution in [1.82, 2.24) is 15.5 Å². The number of aromatic nitrogens is 2. The van der Waals surface area contributed by atoms with Gasteiger partial charge in [-0.25, -0.2) is 0 Å². The van der Waals surface area contributed by atoms with E-state index < -0.39 is 30.1 Å². The molecule has 136 valence electrons. The second kappa shape index (κ2) is 8.11. The van der Waals surface area contributed by atoms with Crippen molar-refractivity contribution in [2.24, 2.45) is 0 Å². The van der Waals surface area contributed by atoms with E-state index in [2.05, 4.69) is 15.5 Å². The Morgan fingerprint density at radius 1 is 1.36 bits per heavy atom. The Bertz CT molecular complexity index is 716. The average Bonchev–Trinajstić information content (AvgIpc) is 3.01. The van der Waals surface area contributed by atoms with Gasteiger partial charge in [-0.15, -0.1) is 0 Å². The lowest BCUT2D eigenvalue weighted by Crippen LogP contribution is -2.29. The van der Waals surface area contributed by atoms with E-state index >= 15 is 0 Å². The highest BCUT2D eigenvalue weighted by Gasteiger charge is 2.33. The molecule has 0 fully saturated rings. The molecule has 1 aromatic heterocycles. The van der Waals surface area contributed by atoms with Crippen molar-refractivity contribution in [2.75, 3.05) is 13.7 Å². The number of benzene rings is 1. The first-order valence-electron chi connectivity index (χ1n) is 7.57. The molecule has 9 heteroatoms. The van der Waals surface area contributed by atoms with E-state index in [4.69, 9.17) is 9.26 Å². The molecule has 0 aliphatic carbocycles. The summed E-state index contributed by atoms with van der Waals surface area (Å²) < 4.78 is 48.8. The molecule has 0 bridgehead atoms. The van der Waals surface area contributed by atoms with Crippen molar-refractivity contribution in [2.45, 2.75) is 32.0 Å². The lowest BCUT2D eigenvalue weighted by molar-refractivity contribution is -0.138. The normalized spacial score (nSPS) is 12.8. The Balaban J connectivity index is 1.99. The van der Waals surface area contributed by atoms with E-state index in [1.807, 2.05) is 0 Å². The zero-order valence-corrected chi connectivity index (χ0v) is 13.8. The van der Waals surface area contributed by atoms with Crippen LogP contribution in [-0.4, -0.2) is 29.8 Å². The fourth-order valence-corrected chi connectivity index (χ4v) is 2.22. The van der Waals surface area contributed by atoms with E-state index in [1.54, 1.807) is 14.0 Å². The number of hydrogen-bond donors (Lipinski definition) is 1. The van der Waals surface area contributed by atoms with E-state index in [0.717, 1.165) is 6.07 Å². The second-order valence-electron chi connectivity index (χ2n) is 5.41. The van der Waals surface area contributed by atoms with Crippen LogP contribution in [0.5, 0.6) is 0 Å². The van der Waals surface area contributed by atoms with Crippen LogP contribution in [-0.2, 0) is 28.5 Å². The van der Waals surface area contributed by atoms with Crippen LogP contribution in [0.2, 0.25) is 0 Å². The molecule has 1 aromatic carbocycles. The second-order valence-corrected chi connectivity index (χ2v) is 5.41. The maximum absolute atomic E-state index is 13.0. The molecule has 2 aromatic rings. The van der Waals surface area contributed by atoms with Crippen LogP contribution in [0, 0.1) is 0 Å². The molecule has 2 rings (SSSR count). The van der Waals surface area contributed by atoms with E-state index in [9.17, 15) is 18.0 Å². The fraction of sp³-hybridized carbons (Fsp3) is 0.438. The summed E-state index contributed by atoms with van der Waals surface area (Å²) in [5.41, 5.74) is -0.913. The number of amides is 1. The molecule has 0 saturated carbocycles. The predicted octanol–water partition coefficient (Wildman–Crippen LogP) is 2.70. The Hall–Kier alpha value is -2.42. The monoisotopic (exact) mass is 357 g/mol. The molecular weight excluding hydrogens is 339 g/mol. The van der Waals surface area contributed by atoms with Crippen LogP contribution in [0.25, 0.3) is 0 Å². The van der Waals surface area contributed by atoms with Crippen LogP contribution in [0.4, 0.5) is 13.2 Å². The molecule has 6 nitrogen and oxygen atoms in total. The van der Waals surface area contributed by atoms with Crippen LogP contribution < -0.4 is 5.32 Å². The molecular formula is C16H18F3N3O3. The summed E-state index contributed by atoms with van der Waals surface area (Å²) in [6.07, 6.45) is -4.45. The van der Waals surface area contributed by atoms with Crippen molar-refractivity contribution in [1.29, 1.82) is 0 Å². The minimum Gasteiger partial charge on any atom is -0.384 e. The largest absolute Gasteiger partial charge is 0.416 e. The molecule has 1 heterocycles. The minimum absolute atomic E-state index is 0.0917. The highest BCUT2D eigenvalue weighted by Crippen LogP contribution is 2.32. The zero-order valence-electron chi connectivity index (χ0n) is 13.8. The molecule has 25 heavy (non-hydrogen) atoms. The Morgan fingerprint density at radius 2 is 2.08 bits per heavy atom. The fourth-order valence-electron chi connectivity index (χ4n) is 2.22. The lowest BCUT2D eigenvalue weighted by atomic mass is 10.0. The van der Waals surface area contributed by atoms with Crippen molar-refractivity contribution in [3.8, 4) is 0 Å². The number of nitrogens with one attached hydrogen (secondary N) is 1. The molecule has 1 atom stereocenters. The molecule has 0 radical (unpaired) electrons. The van der Waals surface area contributed by atoms with Gasteiger partial charge in [0, 0.05) is 13.5 Å². The smallest absolute Gasteiger partial charge is 0.384 e. The van der Waals surface area contributed by atoms with Gasteiger partial charge in [0.15, 0.2) is 5.82 Å². The molecule has 1 amide bonds.